The van der Waals surface area contributed by atoms with Crippen LogP contribution in [0, 0.1) is 6.92 Å². The monoisotopic (exact) mass is 375 g/mol. The zero-order chi connectivity index (χ0) is 18.4. The Hall–Kier alpha value is -2.05. The molecule has 1 aliphatic rings. The number of nitrogens with one attached hydrogen (secondary N) is 1. The summed E-state index contributed by atoms with van der Waals surface area (Å²) in [5.74, 6) is 1.62. The minimum Gasteiger partial charge on any atom is -0.486 e. The van der Waals surface area contributed by atoms with Crippen LogP contribution in [0.3, 0.4) is 0 Å². The van der Waals surface area contributed by atoms with Crippen LogP contribution in [0.1, 0.15) is 29.5 Å². The standard InChI is InChI=1S/C20H25NO4S/c1-16-5-7-18(8-6-16)15-26(22,23)21-11-3-2-4-17-9-10-19-20(14-17)25-13-12-24-19/h5-10,14,21H,2-4,11-13,15H2,1H3. The van der Waals surface area contributed by atoms with E-state index in [9.17, 15) is 8.42 Å². The maximum absolute atomic E-state index is 12.1. The Labute approximate surface area is 155 Å². The van der Waals surface area contributed by atoms with Crippen molar-refractivity contribution in [1.29, 1.82) is 0 Å². The van der Waals surface area contributed by atoms with Crippen molar-refractivity contribution in [2.24, 2.45) is 0 Å². The van der Waals surface area contributed by atoms with E-state index >= 15 is 0 Å². The van der Waals surface area contributed by atoms with Gasteiger partial charge in [0.2, 0.25) is 10.0 Å². The molecule has 0 radical (unpaired) electrons. The Kier molecular flexibility index (Phi) is 6.16. The van der Waals surface area contributed by atoms with Gasteiger partial charge in [-0.3, -0.25) is 0 Å². The maximum Gasteiger partial charge on any atom is 0.215 e. The summed E-state index contributed by atoms with van der Waals surface area (Å²) in [4.78, 5) is 0. The molecular formula is C20H25NO4S. The minimum absolute atomic E-state index is 0.0233. The average molecular weight is 375 g/mol. The van der Waals surface area contributed by atoms with Crippen LogP contribution in [0.25, 0.3) is 0 Å². The number of rotatable bonds is 8. The Morgan fingerprint density at radius 2 is 1.62 bits per heavy atom. The van der Waals surface area contributed by atoms with Crippen LogP contribution < -0.4 is 14.2 Å². The third kappa shape index (κ3) is 5.47. The Morgan fingerprint density at radius 3 is 2.38 bits per heavy atom. The summed E-state index contributed by atoms with van der Waals surface area (Å²) in [6.45, 7) is 3.62. The molecule has 2 aromatic carbocycles. The minimum atomic E-state index is -3.29. The van der Waals surface area contributed by atoms with Crippen molar-refractivity contribution in [2.75, 3.05) is 19.8 Å². The van der Waals surface area contributed by atoms with E-state index in [2.05, 4.69) is 4.72 Å². The van der Waals surface area contributed by atoms with Crippen LogP contribution in [-0.2, 0) is 22.2 Å². The van der Waals surface area contributed by atoms with Gasteiger partial charge < -0.3 is 9.47 Å². The summed E-state index contributed by atoms with van der Waals surface area (Å²) in [5, 5.41) is 0. The molecule has 1 heterocycles. The molecule has 2 aromatic rings. The molecule has 1 N–H and O–H groups in total. The number of hydrogen-bond acceptors (Lipinski definition) is 4. The van der Waals surface area contributed by atoms with Crippen molar-refractivity contribution >= 4 is 10.0 Å². The van der Waals surface area contributed by atoms with Crippen molar-refractivity contribution in [1.82, 2.24) is 4.72 Å². The van der Waals surface area contributed by atoms with E-state index in [0.717, 1.165) is 41.9 Å². The predicted octanol–water partition coefficient (Wildman–Crippen LogP) is 3.21. The number of hydrogen-bond donors (Lipinski definition) is 1. The van der Waals surface area contributed by atoms with Crippen molar-refractivity contribution in [3.8, 4) is 11.5 Å². The Balaban J connectivity index is 1.40. The molecule has 1 aliphatic heterocycles. The van der Waals surface area contributed by atoms with E-state index in [0.29, 0.717) is 19.8 Å². The van der Waals surface area contributed by atoms with Crippen molar-refractivity contribution < 1.29 is 17.9 Å². The van der Waals surface area contributed by atoms with Gasteiger partial charge in [0.1, 0.15) is 13.2 Å². The lowest BCUT2D eigenvalue weighted by molar-refractivity contribution is 0.171. The molecule has 0 amide bonds. The van der Waals surface area contributed by atoms with E-state index in [1.54, 1.807) is 0 Å². The zero-order valence-electron chi connectivity index (χ0n) is 15.0. The Bertz CT molecular complexity index is 831. The summed E-state index contributed by atoms with van der Waals surface area (Å²) in [5.41, 5.74) is 3.11. The van der Waals surface area contributed by atoms with Crippen LogP contribution in [0.4, 0.5) is 0 Å². The van der Waals surface area contributed by atoms with Gasteiger partial charge in [-0.15, -0.1) is 0 Å². The maximum atomic E-state index is 12.1. The van der Waals surface area contributed by atoms with Crippen LogP contribution in [0.2, 0.25) is 0 Å². The van der Waals surface area contributed by atoms with Gasteiger partial charge in [-0.25, -0.2) is 13.1 Å². The van der Waals surface area contributed by atoms with Gasteiger partial charge in [0, 0.05) is 6.54 Å². The van der Waals surface area contributed by atoms with E-state index in [4.69, 9.17) is 9.47 Å². The highest BCUT2D eigenvalue weighted by Crippen LogP contribution is 2.31. The first kappa shape index (κ1) is 18.7. The first-order valence-corrected chi connectivity index (χ1v) is 10.6. The fraction of sp³-hybridized carbons (Fsp3) is 0.400. The van der Waals surface area contributed by atoms with Crippen molar-refractivity contribution in [2.45, 2.75) is 31.9 Å². The lowest BCUT2D eigenvalue weighted by atomic mass is 10.1. The fourth-order valence-corrected chi connectivity index (χ4v) is 4.07. The van der Waals surface area contributed by atoms with Gasteiger partial charge in [-0.1, -0.05) is 35.9 Å². The smallest absolute Gasteiger partial charge is 0.215 e. The number of ether oxygens (including phenoxy) is 2. The molecular weight excluding hydrogens is 350 g/mol. The first-order chi connectivity index (χ1) is 12.5. The zero-order valence-corrected chi connectivity index (χ0v) is 15.8. The normalized spacial score (nSPS) is 13.6. The van der Waals surface area contributed by atoms with Crippen LogP contribution in [-0.4, -0.2) is 28.2 Å². The second-order valence-corrected chi connectivity index (χ2v) is 8.38. The quantitative estimate of drug-likeness (QED) is 0.720. The molecule has 0 aliphatic carbocycles. The number of unbranched alkanes of at least 4 members (excludes halogenated alkanes) is 1. The molecule has 0 fully saturated rings. The highest BCUT2D eigenvalue weighted by Gasteiger charge is 2.12. The van der Waals surface area contributed by atoms with Crippen molar-refractivity contribution in [3.63, 3.8) is 0 Å². The molecule has 5 nitrogen and oxygen atoms in total. The van der Waals surface area contributed by atoms with Crippen LogP contribution in [0.15, 0.2) is 42.5 Å². The molecule has 0 aromatic heterocycles. The third-order valence-corrected chi connectivity index (χ3v) is 5.66. The lowest BCUT2D eigenvalue weighted by Gasteiger charge is -2.18. The first-order valence-electron chi connectivity index (χ1n) is 8.93. The van der Waals surface area contributed by atoms with Gasteiger partial charge in [0.05, 0.1) is 5.75 Å². The van der Waals surface area contributed by atoms with Crippen LogP contribution in [0.5, 0.6) is 11.5 Å². The molecule has 0 saturated heterocycles. The molecule has 6 heteroatoms. The molecule has 0 spiro atoms. The van der Waals surface area contributed by atoms with E-state index < -0.39 is 10.0 Å². The number of aryl methyl sites for hydroxylation is 2. The second kappa shape index (κ2) is 8.56. The topological polar surface area (TPSA) is 64.6 Å². The summed E-state index contributed by atoms with van der Waals surface area (Å²) < 4.78 is 38.1. The molecule has 0 atom stereocenters. The molecule has 3 rings (SSSR count). The predicted molar refractivity (Wildman–Crippen MR) is 102 cm³/mol. The van der Waals surface area contributed by atoms with Gasteiger partial charge in [0.25, 0.3) is 0 Å². The molecule has 140 valence electrons. The summed E-state index contributed by atoms with van der Waals surface area (Å²) >= 11 is 0. The summed E-state index contributed by atoms with van der Waals surface area (Å²) in [6, 6.07) is 13.6. The largest absolute Gasteiger partial charge is 0.486 e. The fourth-order valence-electron chi connectivity index (χ4n) is 2.88. The summed E-state index contributed by atoms with van der Waals surface area (Å²) in [6.07, 6.45) is 2.59. The lowest BCUT2D eigenvalue weighted by Crippen LogP contribution is -2.26. The highest BCUT2D eigenvalue weighted by molar-refractivity contribution is 7.88. The number of benzene rings is 2. The summed E-state index contributed by atoms with van der Waals surface area (Å²) in [7, 11) is -3.29. The molecule has 0 bridgehead atoms. The second-order valence-electron chi connectivity index (χ2n) is 6.57. The van der Waals surface area contributed by atoms with Gasteiger partial charge in [-0.2, -0.15) is 0 Å². The molecule has 0 unspecified atom stereocenters. The number of fused-ring (bicyclic) bond motifs is 1. The van der Waals surface area contributed by atoms with E-state index in [1.807, 2.05) is 49.4 Å². The molecule has 0 saturated carbocycles. The number of sulfonamides is 1. The van der Waals surface area contributed by atoms with Gasteiger partial charge in [-0.05, 0) is 49.4 Å². The Morgan fingerprint density at radius 1 is 0.923 bits per heavy atom. The highest BCUT2D eigenvalue weighted by atomic mass is 32.2. The van der Waals surface area contributed by atoms with Crippen LogP contribution >= 0.6 is 0 Å². The third-order valence-electron chi connectivity index (χ3n) is 4.30. The van der Waals surface area contributed by atoms with E-state index in [1.165, 1.54) is 5.56 Å². The SMILES string of the molecule is Cc1ccc(CS(=O)(=O)NCCCCc2ccc3c(c2)OCCO3)cc1. The van der Waals surface area contributed by atoms with Crippen molar-refractivity contribution in [3.05, 3.63) is 59.2 Å². The van der Waals surface area contributed by atoms with Gasteiger partial charge >= 0.3 is 0 Å². The average Bonchev–Trinajstić information content (AvgIpc) is 2.63. The molecule has 26 heavy (non-hydrogen) atoms. The van der Waals surface area contributed by atoms with Gasteiger partial charge in [0.15, 0.2) is 11.5 Å². The van der Waals surface area contributed by atoms with E-state index in [-0.39, 0.29) is 5.75 Å².